The average Bonchev–Trinajstić information content (AvgIpc) is 2.16. The van der Waals surface area contributed by atoms with Gasteiger partial charge in [-0.1, -0.05) is 40.5 Å². The fraction of sp³-hybridized carbons (Fsp3) is 0.200. The molecule has 0 fully saturated rings. The van der Waals surface area contributed by atoms with Crippen LogP contribution in [-0.4, -0.2) is 4.92 Å². The Hall–Kier alpha value is -0.870. The molecule has 0 saturated heterocycles. The molecule has 0 amide bonds. The van der Waals surface area contributed by atoms with E-state index in [1.807, 2.05) is 0 Å². The Labute approximate surface area is 101 Å². The molecular weight excluding hydrogens is 281 g/mol. The van der Waals surface area contributed by atoms with E-state index in [0.29, 0.717) is 11.4 Å². The van der Waals surface area contributed by atoms with Gasteiger partial charge in [0, 0.05) is 22.0 Å². The molecule has 0 heterocycles. The Bertz CT molecular complexity index is 418. The minimum absolute atomic E-state index is 0.179. The number of hydrogen-bond acceptors (Lipinski definition) is 2. The second-order valence-corrected chi connectivity index (χ2v) is 4.20. The molecule has 0 aliphatic rings. The largest absolute Gasteiger partial charge is 0.259 e. The van der Waals surface area contributed by atoms with Crippen molar-refractivity contribution in [2.24, 2.45) is 0 Å². The van der Waals surface area contributed by atoms with Crippen LogP contribution in [-0.2, 0) is 0 Å². The minimum Gasteiger partial charge on any atom is -0.259 e. The number of halogens is 2. The first-order valence-corrected chi connectivity index (χ1v) is 5.51. The van der Waals surface area contributed by atoms with Crippen molar-refractivity contribution in [2.75, 3.05) is 0 Å². The highest BCUT2D eigenvalue weighted by atomic mass is 79.9. The second-order valence-electron chi connectivity index (χ2n) is 2.91. The molecule has 0 spiro atoms. The number of rotatable bonds is 3. The lowest BCUT2D eigenvalue weighted by Crippen LogP contribution is -1.96. The Morgan fingerprint density at radius 1 is 1.67 bits per heavy atom. The number of hydrogen-bond donors (Lipinski definition) is 0. The Balaban J connectivity index is 3.12. The third-order valence-electron chi connectivity index (χ3n) is 1.88. The summed E-state index contributed by atoms with van der Waals surface area (Å²) < 4.78 is 0.753. The number of benzene rings is 1. The molecular formula is C10H9BrClNO2. The maximum Gasteiger partial charge on any atom is 0.246 e. The quantitative estimate of drug-likeness (QED) is 0.620. The van der Waals surface area contributed by atoms with Crippen molar-refractivity contribution < 1.29 is 4.92 Å². The fourth-order valence-electron chi connectivity index (χ4n) is 1.08. The van der Waals surface area contributed by atoms with E-state index in [1.54, 1.807) is 31.2 Å². The van der Waals surface area contributed by atoms with Crippen molar-refractivity contribution >= 4 is 33.6 Å². The van der Waals surface area contributed by atoms with E-state index >= 15 is 0 Å². The summed E-state index contributed by atoms with van der Waals surface area (Å²) >= 11 is 9.07. The van der Waals surface area contributed by atoms with Crippen LogP contribution in [0.25, 0.3) is 6.08 Å². The molecule has 1 aromatic rings. The predicted octanol–water partition coefficient (Wildman–Crippen LogP) is 4.13. The highest BCUT2D eigenvalue weighted by Crippen LogP contribution is 2.24. The molecule has 0 aromatic heterocycles. The van der Waals surface area contributed by atoms with E-state index in [9.17, 15) is 10.1 Å². The van der Waals surface area contributed by atoms with E-state index < -0.39 is 0 Å². The van der Waals surface area contributed by atoms with Crippen LogP contribution in [0.1, 0.15) is 18.9 Å². The van der Waals surface area contributed by atoms with Gasteiger partial charge in [0.25, 0.3) is 0 Å². The molecule has 0 unspecified atom stereocenters. The lowest BCUT2D eigenvalue weighted by molar-refractivity contribution is -0.425. The van der Waals surface area contributed by atoms with Gasteiger partial charge in [-0.25, -0.2) is 0 Å². The SMILES string of the molecule is CC/C(=C/c1ccc(Cl)cc1Br)[N+](=O)[O-]. The molecule has 0 saturated carbocycles. The normalized spacial score (nSPS) is 11.5. The monoisotopic (exact) mass is 289 g/mol. The molecule has 3 nitrogen and oxygen atoms in total. The molecule has 0 atom stereocenters. The standard InChI is InChI=1S/C10H9BrClNO2/c1-2-9(13(14)15)5-7-3-4-8(12)6-10(7)11/h3-6H,2H2,1H3/b9-5-. The molecule has 0 radical (unpaired) electrons. The smallest absolute Gasteiger partial charge is 0.246 e. The van der Waals surface area contributed by atoms with Crippen molar-refractivity contribution in [3.05, 3.63) is 49.1 Å². The summed E-state index contributed by atoms with van der Waals surface area (Å²) in [5.41, 5.74) is 0.936. The topological polar surface area (TPSA) is 43.1 Å². The van der Waals surface area contributed by atoms with Crippen LogP contribution in [0, 0.1) is 10.1 Å². The first-order valence-electron chi connectivity index (χ1n) is 4.34. The molecule has 1 aromatic carbocycles. The third kappa shape index (κ3) is 3.32. The minimum atomic E-state index is -0.374. The molecule has 0 aliphatic heterocycles. The lowest BCUT2D eigenvalue weighted by atomic mass is 10.2. The van der Waals surface area contributed by atoms with Crippen molar-refractivity contribution in [2.45, 2.75) is 13.3 Å². The van der Waals surface area contributed by atoms with Crippen LogP contribution in [0.15, 0.2) is 28.4 Å². The van der Waals surface area contributed by atoms with Crippen molar-refractivity contribution in [1.29, 1.82) is 0 Å². The number of allylic oxidation sites excluding steroid dienone is 1. The van der Waals surface area contributed by atoms with Crippen LogP contribution in [0.5, 0.6) is 0 Å². The maximum atomic E-state index is 10.6. The van der Waals surface area contributed by atoms with Gasteiger partial charge in [-0.2, -0.15) is 0 Å². The zero-order valence-electron chi connectivity index (χ0n) is 8.04. The van der Waals surface area contributed by atoms with Crippen LogP contribution in [0.2, 0.25) is 5.02 Å². The van der Waals surface area contributed by atoms with Crippen LogP contribution >= 0.6 is 27.5 Å². The van der Waals surface area contributed by atoms with E-state index in [-0.39, 0.29) is 10.6 Å². The molecule has 15 heavy (non-hydrogen) atoms. The summed E-state index contributed by atoms with van der Waals surface area (Å²) in [5, 5.41) is 11.2. The molecule has 1 rings (SSSR count). The maximum absolute atomic E-state index is 10.6. The van der Waals surface area contributed by atoms with Gasteiger partial charge in [0.2, 0.25) is 5.70 Å². The van der Waals surface area contributed by atoms with Gasteiger partial charge >= 0.3 is 0 Å². The van der Waals surface area contributed by atoms with Crippen LogP contribution in [0.4, 0.5) is 0 Å². The van der Waals surface area contributed by atoms with Crippen molar-refractivity contribution in [3.8, 4) is 0 Å². The highest BCUT2D eigenvalue weighted by Gasteiger charge is 2.08. The van der Waals surface area contributed by atoms with E-state index in [0.717, 1.165) is 10.0 Å². The van der Waals surface area contributed by atoms with Crippen LogP contribution in [0.3, 0.4) is 0 Å². The summed E-state index contributed by atoms with van der Waals surface area (Å²) in [5.74, 6) is 0. The van der Waals surface area contributed by atoms with E-state index in [4.69, 9.17) is 11.6 Å². The average molecular weight is 291 g/mol. The predicted molar refractivity (Wildman–Crippen MR) is 64.4 cm³/mol. The summed E-state index contributed by atoms with van der Waals surface area (Å²) in [4.78, 5) is 10.2. The van der Waals surface area contributed by atoms with Gasteiger partial charge in [-0.15, -0.1) is 0 Å². The van der Waals surface area contributed by atoms with Crippen molar-refractivity contribution in [1.82, 2.24) is 0 Å². The number of nitrogens with zero attached hydrogens (tertiary/aromatic N) is 1. The second kappa shape index (κ2) is 5.28. The van der Waals surface area contributed by atoms with Crippen molar-refractivity contribution in [3.63, 3.8) is 0 Å². The van der Waals surface area contributed by atoms with Gasteiger partial charge in [0.05, 0.1) is 4.92 Å². The van der Waals surface area contributed by atoms with Gasteiger partial charge < -0.3 is 0 Å². The Kier molecular flexibility index (Phi) is 4.29. The zero-order valence-corrected chi connectivity index (χ0v) is 10.4. The van der Waals surface area contributed by atoms with Gasteiger partial charge in [0.1, 0.15) is 0 Å². The third-order valence-corrected chi connectivity index (χ3v) is 2.80. The van der Waals surface area contributed by atoms with E-state index in [2.05, 4.69) is 15.9 Å². The molecule has 5 heteroatoms. The Morgan fingerprint density at radius 2 is 2.33 bits per heavy atom. The van der Waals surface area contributed by atoms with Gasteiger partial charge in [0.15, 0.2) is 0 Å². The first kappa shape index (κ1) is 12.2. The summed E-state index contributed by atoms with van der Waals surface area (Å²) in [6.07, 6.45) is 1.93. The molecule has 0 N–H and O–H groups in total. The zero-order chi connectivity index (χ0) is 11.4. The fourth-order valence-corrected chi connectivity index (χ4v) is 1.88. The lowest BCUT2D eigenvalue weighted by Gasteiger charge is -1.99. The summed E-state index contributed by atoms with van der Waals surface area (Å²) in [6.45, 7) is 1.75. The van der Waals surface area contributed by atoms with Gasteiger partial charge in [-0.05, 0) is 17.7 Å². The first-order chi connectivity index (χ1) is 7.04. The summed E-state index contributed by atoms with van der Waals surface area (Å²) in [7, 11) is 0. The Morgan fingerprint density at radius 3 is 2.80 bits per heavy atom. The number of nitro groups is 1. The van der Waals surface area contributed by atoms with E-state index in [1.165, 1.54) is 0 Å². The molecule has 80 valence electrons. The molecule has 0 bridgehead atoms. The summed E-state index contributed by atoms with van der Waals surface area (Å²) in [6, 6.07) is 5.15. The molecule has 0 aliphatic carbocycles. The highest BCUT2D eigenvalue weighted by molar-refractivity contribution is 9.10. The van der Waals surface area contributed by atoms with Gasteiger partial charge in [-0.3, -0.25) is 10.1 Å². The van der Waals surface area contributed by atoms with Crippen LogP contribution < -0.4 is 0 Å².